The predicted octanol–water partition coefficient (Wildman–Crippen LogP) is 2.66. The molecule has 0 amide bonds. The number of benzene rings is 1. The first-order chi connectivity index (χ1) is 9.70. The molecule has 1 N–H and O–H groups in total. The van der Waals surface area contributed by atoms with Crippen molar-refractivity contribution in [2.24, 2.45) is 5.92 Å². The first-order valence-corrected chi connectivity index (χ1v) is 7.74. The standard InChI is InChI=1S/C17H23NO2/c1-17-11-5-4-6-14(17)20-16-13(19-3)8-7-10(15(16)17)9-12(11)18-2/h7-8,11-12,14,18H,4-6,9H2,1-3H3/t11-,12?,14-,17+/m1/s1. The molecule has 3 nitrogen and oxygen atoms in total. The topological polar surface area (TPSA) is 30.5 Å². The van der Waals surface area contributed by atoms with E-state index in [-0.39, 0.29) is 5.41 Å². The van der Waals surface area contributed by atoms with E-state index in [1.54, 1.807) is 7.11 Å². The zero-order valence-electron chi connectivity index (χ0n) is 12.5. The van der Waals surface area contributed by atoms with Crippen molar-refractivity contribution in [3.63, 3.8) is 0 Å². The summed E-state index contributed by atoms with van der Waals surface area (Å²) in [6.07, 6.45) is 5.18. The molecule has 1 fully saturated rings. The lowest BCUT2D eigenvalue weighted by atomic mass is 9.56. The molecule has 0 aromatic heterocycles. The van der Waals surface area contributed by atoms with Crippen molar-refractivity contribution in [3.05, 3.63) is 23.3 Å². The number of likely N-dealkylation sites (N-methyl/N-ethyl adjacent to an activating group) is 1. The number of methoxy groups -OCH3 is 1. The second-order valence-electron chi connectivity index (χ2n) is 6.66. The first kappa shape index (κ1) is 12.5. The summed E-state index contributed by atoms with van der Waals surface area (Å²) in [5, 5.41) is 3.55. The van der Waals surface area contributed by atoms with Crippen molar-refractivity contribution in [2.75, 3.05) is 14.2 Å². The van der Waals surface area contributed by atoms with Gasteiger partial charge in [-0.15, -0.1) is 0 Å². The number of ether oxygens (including phenoxy) is 2. The van der Waals surface area contributed by atoms with E-state index in [9.17, 15) is 0 Å². The Morgan fingerprint density at radius 2 is 2.20 bits per heavy atom. The van der Waals surface area contributed by atoms with Gasteiger partial charge < -0.3 is 14.8 Å². The molecule has 0 radical (unpaired) electrons. The first-order valence-electron chi connectivity index (χ1n) is 7.74. The summed E-state index contributed by atoms with van der Waals surface area (Å²) in [6, 6.07) is 4.88. The summed E-state index contributed by atoms with van der Waals surface area (Å²) in [6.45, 7) is 2.42. The lowest BCUT2D eigenvalue weighted by Crippen LogP contribution is -2.56. The molecule has 3 heteroatoms. The van der Waals surface area contributed by atoms with Gasteiger partial charge in [-0.2, -0.15) is 0 Å². The van der Waals surface area contributed by atoms with Crippen molar-refractivity contribution in [1.82, 2.24) is 5.32 Å². The molecular formula is C17H23NO2. The van der Waals surface area contributed by atoms with Crippen LogP contribution in [0.3, 0.4) is 0 Å². The molecule has 1 aliphatic heterocycles. The Kier molecular flexibility index (Phi) is 2.59. The van der Waals surface area contributed by atoms with Gasteiger partial charge in [0.15, 0.2) is 11.5 Å². The van der Waals surface area contributed by atoms with Gasteiger partial charge in [0.25, 0.3) is 0 Å². The zero-order valence-corrected chi connectivity index (χ0v) is 12.5. The second kappa shape index (κ2) is 4.14. The number of nitrogens with one attached hydrogen (secondary N) is 1. The molecule has 20 heavy (non-hydrogen) atoms. The summed E-state index contributed by atoms with van der Waals surface area (Å²) >= 11 is 0. The normalized spacial score (nSPS) is 37.2. The third-order valence-electron chi connectivity index (χ3n) is 5.94. The fourth-order valence-electron chi connectivity index (χ4n) is 4.98. The Morgan fingerprint density at radius 1 is 1.35 bits per heavy atom. The molecule has 0 spiro atoms. The van der Waals surface area contributed by atoms with Crippen LogP contribution in [-0.4, -0.2) is 26.3 Å². The molecule has 0 bridgehead atoms. The molecule has 0 saturated heterocycles. The van der Waals surface area contributed by atoms with E-state index in [0.717, 1.165) is 17.9 Å². The summed E-state index contributed by atoms with van der Waals surface area (Å²) < 4.78 is 11.9. The Bertz CT molecular complexity index is 556. The molecule has 4 rings (SSSR count). The van der Waals surface area contributed by atoms with E-state index in [2.05, 4.69) is 31.4 Å². The van der Waals surface area contributed by atoms with Crippen molar-refractivity contribution >= 4 is 0 Å². The van der Waals surface area contributed by atoms with Crippen LogP contribution < -0.4 is 14.8 Å². The minimum atomic E-state index is 0.156. The molecule has 1 aromatic rings. The third kappa shape index (κ3) is 1.34. The molecule has 1 unspecified atom stereocenters. The van der Waals surface area contributed by atoms with Gasteiger partial charge in [0, 0.05) is 17.0 Å². The van der Waals surface area contributed by atoms with Crippen molar-refractivity contribution in [2.45, 2.75) is 50.2 Å². The highest BCUT2D eigenvalue weighted by atomic mass is 16.5. The number of rotatable bonds is 2. The van der Waals surface area contributed by atoms with Gasteiger partial charge in [-0.25, -0.2) is 0 Å². The van der Waals surface area contributed by atoms with Crippen LogP contribution in [0.4, 0.5) is 0 Å². The zero-order chi connectivity index (χ0) is 13.9. The van der Waals surface area contributed by atoms with E-state index in [0.29, 0.717) is 18.1 Å². The van der Waals surface area contributed by atoms with Crippen LogP contribution in [0.25, 0.3) is 0 Å². The van der Waals surface area contributed by atoms with Crippen LogP contribution in [0.1, 0.15) is 37.3 Å². The molecule has 2 aliphatic carbocycles. The van der Waals surface area contributed by atoms with Crippen LogP contribution in [-0.2, 0) is 11.8 Å². The van der Waals surface area contributed by atoms with E-state index in [1.165, 1.54) is 30.4 Å². The van der Waals surface area contributed by atoms with Gasteiger partial charge in [-0.1, -0.05) is 13.0 Å². The van der Waals surface area contributed by atoms with Crippen LogP contribution >= 0.6 is 0 Å². The monoisotopic (exact) mass is 273 g/mol. The van der Waals surface area contributed by atoms with E-state index >= 15 is 0 Å². The lowest BCUT2D eigenvalue weighted by molar-refractivity contribution is 0.0410. The minimum Gasteiger partial charge on any atom is -0.493 e. The summed E-state index contributed by atoms with van der Waals surface area (Å²) in [4.78, 5) is 0. The van der Waals surface area contributed by atoms with Gasteiger partial charge >= 0.3 is 0 Å². The average Bonchev–Trinajstić information content (AvgIpc) is 2.78. The van der Waals surface area contributed by atoms with Crippen LogP contribution in [0.5, 0.6) is 11.5 Å². The van der Waals surface area contributed by atoms with Gasteiger partial charge in [0.05, 0.1) is 7.11 Å². The van der Waals surface area contributed by atoms with Crippen molar-refractivity contribution < 1.29 is 9.47 Å². The number of hydrogen-bond donors (Lipinski definition) is 1. The van der Waals surface area contributed by atoms with Crippen LogP contribution in [0, 0.1) is 5.92 Å². The quantitative estimate of drug-likeness (QED) is 0.898. The fourth-order valence-corrected chi connectivity index (χ4v) is 4.98. The van der Waals surface area contributed by atoms with Crippen LogP contribution in [0.15, 0.2) is 12.1 Å². The Balaban J connectivity index is 1.95. The van der Waals surface area contributed by atoms with Crippen molar-refractivity contribution in [1.29, 1.82) is 0 Å². The maximum atomic E-state index is 6.37. The Morgan fingerprint density at radius 3 is 2.95 bits per heavy atom. The van der Waals surface area contributed by atoms with Gasteiger partial charge in [0.2, 0.25) is 0 Å². The third-order valence-corrected chi connectivity index (χ3v) is 5.94. The average molecular weight is 273 g/mol. The van der Waals surface area contributed by atoms with E-state index in [1.807, 2.05) is 0 Å². The molecular weight excluding hydrogens is 250 g/mol. The van der Waals surface area contributed by atoms with Gasteiger partial charge in [-0.05, 0) is 50.3 Å². The molecule has 4 atom stereocenters. The molecule has 1 aromatic carbocycles. The largest absolute Gasteiger partial charge is 0.493 e. The maximum Gasteiger partial charge on any atom is 0.165 e. The fraction of sp³-hybridized carbons (Fsp3) is 0.647. The second-order valence-corrected chi connectivity index (χ2v) is 6.66. The Hall–Kier alpha value is -1.22. The smallest absolute Gasteiger partial charge is 0.165 e. The SMILES string of the molecule is CNC1Cc2ccc(OC)c3c2[C@@]2(C)[C@@H]1CCC[C@H]2O3. The predicted molar refractivity (Wildman–Crippen MR) is 78.7 cm³/mol. The molecule has 1 heterocycles. The highest BCUT2D eigenvalue weighted by molar-refractivity contribution is 5.60. The minimum absolute atomic E-state index is 0.156. The van der Waals surface area contributed by atoms with E-state index < -0.39 is 0 Å². The highest BCUT2D eigenvalue weighted by Gasteiger charge is 2.58. The lowest BCUT2D eigenvalue weighted by Gasteiger charge is -2.49. The highest BCUT2D eigenvalue weighted by Crippen LogP contribution is 2.59. The molecule has 108 valence electrons. The summed E-state index contributed by atoms with van der Waals surface area (Å²) in [5.74, 6) is 2.60. The Labute approximate surface area is 120 Å². The molecule has 1 saturated carbocycles. The summed E-state index contributed by atoms with van der Waals surface area (Å²) in [5.41, 5.74) is 3.05. The summed E-state index contributed by atoms with van der Waals surface area (Å²) in [7, 11) is 3.84. The van der Waals surface area contributed by atoms with E-state index in [4.69, 9.17) is 9.47 Å². The van der Waals surface area contributed by atoms with Crippen LogP contribution in [0.2, 0.25) is 0 Å². The van der Waals surface area contributed by atoms with Gasteiger partial charge in [0.1, 0.15) is 6.10 Å². The molecule has 3 aliphatic rings. The number of hydrogen-bond acceptors (Lipinski definition) is 3. The van der Waals surface area contributed by atoms with Gasteiger partial charge in [-0.3, -0.25) is 0 Å². The van der Waals surface area contributed by atoms with Crippen molar-refractivity contribution in [3.8, 4) is 11.5 Å². The maximum absolute atomic E-state index is 6.37.